The number of aliphatic hydroxyl groups excluding tert-OH is 1. The van der Waals surface area contributed by atoms with Crippen LogP contribution in [-0.4, -0.2) is 97.7 Å². The van der Waals surface area contributed by atoms with Gasteiger partial charge in [0.25, 0.3) is 11.8 Å². The highest BCUT2D eigenvalue weighted by Crippen LogP contribution is 2.34. The van der Waals surface area contributed by atoms with Gasteiger partial charge in [-0.15, -0.1) is 11.3 Å². The second-order valence-corrected chi connectivity index (χ2v) is 15.0. The molecule has 5 heterocycles. The van der Waals surface area contributed by atoms with Gasteiger partial charge in [0.2, 0.25) is 0 Å². The molecule has 1 aromatic carbocycles. The van der Waals surface area contributed by atoms with Crippen LogP contribution in [0.4, 0.5) is 5.82 Å². The van der Waals surface area contributed by atoms with Crippen molar-refractivity contribution in [3.8, 4) is 0 Å². The summed E-state index contributed by atoms with van der Waals surface area (Å²) in [6, 6.07) is 14.3. The minimum Gasteiger partial charge on any atom is -0.390 e. The Balaban J connectivity index is 1.01. The van der Waals surface area contributed by atoms with Crippen LogP contribution in [-0.2, 0) is 13.0 Å². The number of fused-ring (bicyclic) bond motifs is 1. The third-order valence-electron chi connectivity index (χ3n) is 9.83. The highest BCUT2D eigenvalue weighted by molar-refractivity contribution is 7.99. The maximum atomic E-state index is 13.9. The summed E-state index contributed by atoms with van der Waals surface area (Å²) in [5.41, 5.74) is 3.12. The van der Waals surface area contributed by atoms with Gasteiger partial charge in [0.1, 0.15) is 11.5 Å². The number of aromatic nitrogens is 2. The molecule has 11 heteroatoms. The minimum absolute atomic E-state index is 0.0380. The summed E-state index contributed by atoms with van der Waals surface area (Å²) in [5.74, 6) is 0.621. The zero-order chi connectivity index (χ0) is 30.8. The van der Waals surface area contributed by atoms with Crippen molar-refractivity contribution in [3.05, 3.63) is 69.5 Å². The van der Waals surface area contributed by atoms with Gasteiger partial charge >= 0.3 is 0 Å². The molecule has 7 rings (SSSR count). The Morgan fingerprint density at radius 1 is 0.889 bits per heavy atom. The van der Waals surface area contributed by atoms with Crippen molar-refractivity contribution >= 4 is 40.7 Å². The van der Waals surface area contributed by atoms with Gasteiger partial charge in [-0.3, -0.25) is 14.5 Å². The molecule has 3 aliphatic heterocycles. The molecule has 2 atom stereocenters. The average molecular weight is 647 g/mol. The number of likely N-dealkylation sites (tertiary alicyclic amines) is 2. The number of carbonyl (C=O) groups is 2. The number of thiophene rings is 1. The molecule has 0 radical (unpaired) electrons. The third-order valence-corrected chi connectivity index (χ3v) is 11.9. The van der Waals surface area contributed by atoms with Gasteiger partial charge in [-0.1, -0.05) is 54.9 Å². The molecular weight excluding hydrogens is 605 g/mol. The van der Waals surface area contributed by atoms with Crippen LogP contribution in [0, 0.1) is 0 Å². The summed E-state index contributed by atoms with van der Waals surface area (Å²) >= 11 is 3.17. The van der Waals surface area contributed by atoms with Crippen LogP contribution in [0.15, 0.2) is 53.0 Å². The predicted octanol–water partition coefficient (Wildman–Crippen LogP) is 4.92. The van der Waals surface area contributed by atoms with E-state index < -0.39 is 6.10 Å². The molecule has 45 heavy (non-hydrogen) atoms. The number of anilines is 1. The van der Waals surface area contributed by atoms with E-state index in [0.29, 0.717) is 48.1 Å². The summed E-state index contributed by atoms with van der Waals surface area (Å²) in [7, 11) is 0. The summed E-state index contributed by atoms with van der Waals surface area (Å²) in [6.07, 6.45) is 7.48. The topological polar surface area (TPSA) is 102 Å². The molecule has 3 aromatic rings. The lowest BCUT2D eigenvalue weighted by molar-refractivity contribution is -0.0139. The van der Waals surface area contributed by atoms with Crippen LogP contribution < -0.4 is 5.32 Å². The van der Waals surface area contributed by atoms with Crippen LogP contribution >= 0.6 is 23.1 Å². The molecular formula is C34H42N6O3S2. The van der Waals surface area contributed by atoms with E-state index in [-0.39, 0.29) is 23.9 Å². The van der Waals surface area contributed by atoms with Gasteiger partial charge in [-0.25, -0.2) is 9.97 Å². The highest BCUT2D eigenvalue weighted by Gasteiger charge is 2.36. The van der Waals surface area contributed by atoms with Gasteiger partial charge in [0.05, 0.1) is 11.0 Å². The molecule has 4 aliphatic rings. The smallest absolute Gasteiger partial charge is 0.272 e. The first kappa shape index (κ1) is 30.7. The Kier molecular flexibility index (Phi) is 9.39. The molecule has 0 unspecified atom stereocenters. The maximum absolute atomic E-state index is 13.9. The predicted molar refractivity (Wildman–Crippen MR) is 178 cm³/mol. The Labute approximate surface area is 273 Å². The quantitative estimate of drug-likeness (QED) is 0.349. The Hall–Kier alpha value is -2.99. The van der Waals surface area contributed by atoms with E-state index in [1.54, 1.807) is 22.7 Å². The zero-order valence-corrected chi connectivity index (χ0v) is 27.3. The second kappa shape index (κ2) is 13.8. The molecule has 3 fully saturated rings. The van der Waals surface area contributed by atoms with E-state index >= 15 is 0 Å². The van der Waals surface area contributed by atoms with Crippen molar-refractivity contribution in [2.45, 2.75) is 86.5 Å². The highest BCUT2D eigenvalue weighted by atomic mass is 32.2. The minimum atomic E-state index is -0.609. The van der Waals surface area contributed by atoms with Gasteiger partial charge in [-0.05, 0) is 61.1 Å². The monoisotopic (exact) mass is 646 g/mol. The number of aliphatic hydroxyl groups is 1. The first-order chi connectivity index (χ1) is 22.0. The van der Waals surface area contributed by atoms with E-state index in [9.17, 15) is 14.7 Å². The standard InChI is InChI=1S/C34H42N6O3S2/c41-29-22-40(18-14-28(29)39-15-11-23-6-1-2-7-24(23)21-39)32(42)27-20-31(37-34(36-27)45-26-8-3-4-9-26)35-25-12-16-38(17-13-25)33(43)30-10-5-19-44-30/h1-2,5-7,10,19-20,25-26,28-29,41H,3-4,8-9,11-18,21-22H2,(H,35,36,37)/t28-,29-/m1/s1. The van der Waals surface area contributed by atoms with Crippen LogP contribution in [0.2, 0.25) is 0 Å². The average Bonchev–Trinajstić information content (AvgIpc) is 3.79. The fourth-order valence-electron chi connectivity index (χ4n) is 7.30. The number of rotatable bonds is 7. The van der Waals surface area contributed by atoms with Crippen molar-refractivity contribution in [3.63, 3.8) is 0 Å². The molecule has 0 spiro atoms. The van der Waals surface area contributed by atoms with Gasteiger partial charge in [-0.2, -0.15) is 0 Å². The summed E-state index contributed by atoms with van der Waals surface area (Å²) in [4.78, 5) is 43.2. The number of nitrogens with zero attached hydrogens (tertiary/aromatic N) is 5. The zero-order valence-electron chi connectivity index (χ0n) is 25.6. The molecule has 2 saturated heterocycles. The van der Waals surface area contributed by atoms with Gasteiger partial charge in [0, 0.05) is 62.7 Å². The molecule has 2 N–H and O–H groups in total. The van der Waals surface area contributed by atoms with Crippen molar-refractivity contribution in [1.82, 2.24) is 24.7 Å². The molecule has 0 bridgehead atoms. The van der Waals surface area contributed by atoms with E-state index in [1.165, 1.54) is 35.3 Å². The number of thioether (sulfide) groups is 1. The number of carbonyl (C=O) groups excluding carboxylic acids is 2. The maximum Gasteiger partial charge on any atom is 0.272 e. The van der Waals surface area contributed by atoms with E-state index in [1.807, 2.05) is 22.4 Å². The van der Waals surface area contributed by atoms with E-state index in [4.69, 9.17) is 9.97 Å². The number of β-amino-alcohol motifs (C(OH)–C–C–N with tert-alkyl or cyclic N) is 1. The lowest BCUT2D eigenvalue weighted by atomic mass is 9.94. The van der Waals surface area contributed by atoms with Gasteiger partial charge in [0.15, 0.2) is 5.16 Å². The number of amides is 2. The first-order valence-corrected chi connectivity index (χ1v) is 18.2. The Bertz CT molecular complexity index is 1490. The molecule has 1 saturated carbocycles. The molecule has 2 aromatic heterocycles. The Morgan fingerprint density at radius 2 is 1.67 bits per heavy atom. The number of hydrogen-bond acceptors (Lipinski definition) is 9. The summed E-state index contributed by atoms with van der Waals surface area (Å²) in [5, 5.41) is 17.9. The number of hydrogen-bond donors (Lipinski definition) is 2. The lowest BCUT2D eigenvalue weighted by Crippen LogP contribution is -2.56. The SMILES string of the molecule is O=C(c1cc(NC2CCN(C(=O)c3cccs3)CC2)nc(SC2CCCC2)n1)N1CC[C@@H](N2CCc3ccccc3C2)[C@H](O)C1. The fraction of sp³-hybridized carbons (Fsp3) is 0.529. The molecule has 2 amide bonds. The van der Waals surface area contributed by atoms with Crippen molar-refractivity contribution < 1.29 is 14.7 Å². The first-order valence-electron chi connectivity index (χ1n) is 16.4. The van der Waals surface area contributed by atoms with E-state index in [0.717, 1.165) is 56.5 Å². The summed E-state index contributed by atoms with van der Waals surface area (Å²) in [6.45, 7) is 4.03. The van der Waals surface area contributed by atoms with Crippen molar-refractivity contribution in [1.29, 1.82) is 0 Å². The molecule has 9 nitrogen and oxygen atoms in total. The van der Waals surface area contributed by atoms with E-state index in [2.05, 4.69) is 34.5 Å². The fourth-order valence-corrected chi connectivity index (χ4v) is 9.16. The van der Waals surface area contributed by atoms with Crippen LogP contribution in [0.1, 0.15) is 76.2 Å². The van der Waals surface area contributed by atoms with Crippen molar-refractivity contribution in [2.75, 3.05) is 38.0 Å². The Morgan fingerprint density at radius 3 is 2.42 bits per heavy atom. The molecule has 1 aliphatic carbocycles. The number of nitrogens with one attached hydrogen (secondary N) is 1. The van der Waals surface area contributed by atoms with Crippen LogP contribution in [0.3, 0.4) is 0 Å². The van der Waals surface area contributed by atoms with Gasteiger partial charge < -0.3 is 20.2 Å². The molecule has 238 valence electrons. The van der Waals surface area contributed by atoms with Crippen molar-refractivity contribution in [2.24, 2.45) is 0 Å². The lowest BCUT2D eigenvalue weighted by Gasteiger charge is -2.43. The third kappa shape index (κ3) is 7.06. The number of piperidine rings is 2. The normalized spacial score (nSPS) is 23.2. The number of benzene rings is 1. The second-order valence-electron chi connectivity index (χ2n) is 12.8. The van der Waals surface area contributed by atoms with Crippen LogP contribution in [0.25, 0.3) is 0 Å². The van der Waals surface area contributed by atoms with Crippen LogP contribution in [0.5, 0.6) is 0 Å². The largest absolute Gasteiger partial charge is 0.390 e. The summed E-state index contributed by atoms with van der Waals surface area (Å²) < 4.78 is 0.